The van der Waals surface area contributed by atoms with Gasteiger partial charge in [0.15, 0.2) is 11.5 Å². The lowest BCUT2D eigenvalue weighted by Gasteiger charge is -2.14. The molecule has 0 aromatic heterocycles. The van der Waals surface area contributed by atoms with Gasteiger partial charge in [-0.15, -0.1) is 0 Å². The zero-order valence-electron chi connectivity index (χ0n) is 18.8. The number of hydrogen-bond donors (Lipinski definition) is 0. The SMILES string of the molecule is Cc1ccc(S(=O)(=O)Oc2ccc(/C=C3\SC(=O)N(Cc4cc5c(cc4Cl)OCO5)C3=O)cc2)cc1. The van der Waals surface area contributed by atoms with E-state index >= 15 is 0 Å². The fourth-order valence-corrected chi connectivity index (χ4v) is 5.52. The van der Waals surface area contributed by atoms with Crippen LogP contribution in [0.4, 0.5) is 4.79 Å². The van der Waals surface area contributed by atoms with Crippen molar-refractivity contribution in [3.63, 3.8) is 0 Å². The van der Waals surface area contributed by atoms with Gasteiger partial charge in [-0.2, -0.15) is 8.42 Å². The largest absolute Gasteiger partial charge is 0.454 e. The molecule has 2 aliphatic heterocycles. The van der Waals surface area contributed by atoms with Crippen LogP contribution in [0.5, 0.6) is 17.2 Å². The van der Waals surface area contributed by atoms with E-state index in [1.807, 2.05) is 6.92 Å². The van der Waals surface area contributed by atoms with Gasteiger partial charge in [-0.1, -0.05) is 41.4 Å². The Balaban J connectivity index is 1.29. The summed E-state index contributed by atoms with van der Waals surface area (Å²) in [6, 6.07) is 15.7. The Bertz CT molecular complexity index is 1500. The molecular formula is C25H18ClNO7S2. The third kappa shape index (κ3) is 4.92. The van der Waals surface area contributed by atoms with Crippen LogP contribution in [0, 0.1) is 6.92 Å². The van der Waals surface area contributed by atoms with Crippen LogP contribution in [0.1, 0.15) is 16.7 Å². The second-order valence-electron chi connectivity index (χ2n) is 7.98. The van der Waals surface area contributed by atoms with Gasteiger partial charge in [0, 0.05) is 11.1 Å². The van der Waals surface area contributed by atoms with Crippen LogP contribution >= 0.6 is 23.4 Å². The second kappa shape index (κ2) is 9.53. The van der Waals surface area contributed by atoms with E-state index in [4.69, 9.17) is 25.3 Å². The van der Waals surface area contributed by atoms with Crippen LogP contribution in [0.25, 0.3) is 6.08 Å². The number of amides is 2. The number of fused-ring (bicyclic) bond motifs is 1. The van der Waals surface area contributed by atoms with Crippen LogP contribution in [0.15, 0.2) is 70.5 Å². The van der Waals surface area contributed by atoms with E-state index in [1.165, 1.54) is 24.3 Å². The highest BCUT2D eigenvalue weighted by Crippen LogP contribution is 2.39. The summed E-state index contributed by atoms with van der Waals surface area (Å²) in [5.41, 5.74) is 2.09. The number of carbonyl (C=O) groups is 2. The van der Waals surface area contributed by atoms with Gasteiger partial charge >= 0.3 is 10.1 Å². The molecule has 1 saturated heterocycles. The molecule has 11 heteroatoms. The average Bonchev–Trinajstić information content (AvgIpc) is 3.39. The van der Waals surface area contributed by atoms with E-state index < -0.39 is 21.3 Å². The molecule has 3 aromatic rings. The van der Waals surface area contributed by atoms with Crippen LogP contribution in [0.3, 0.4) is 0 Å². The summed E-state index contributed by atoms with van der Waals surface area (Å²) in [7, 11) is -3.98. The number of rotatable bonds is 6. The number of ether oxygens (including phenoxy) is 2. The van der Waals surface area contributed by atoms with Crippen molar-refractivity contribution in [2.75, 3.05) is 6.79 Å². The van der Waals surface area contributed by atoms with Gasteiger partial charge in [0.25, 0.3) is 11.1 Å². The molecule has 1 fully saturated rings. The van der Waals surface area contributed by atoms with Gasteiger partial charge in [0.2, 0.25) is 6.79 Å². The minimum absolute atomic E-state index is 0.0128. The molecule has 0 saturated carbocycles. The van der Waals surface area contributed by atoms with E-state index in [0.29, 0.717) is 27.6 Å². The van der Waals surface area contributed by atoms with Crippen molar-refractivity contribution >= 4 is 50.7 Å². The first-order chi connectivity index (χ1) is 17.2. The first-order valence-corrected chi connectivity index (χ1v) is 13.2. The van der Waals surface area contributed by atoms with E-state index in [9.17, 15) is 18.0 Å². The third-order valence-electron chi connectivity index (χ3n) is 5.44. The number of aryl methyl sites for hydroxylation is 1. The number of imide groups is 1. The first-order valence-electron chi connectivity index (χ1n) is 10.6. The van der Waals surface area contributed by atoms with E-state index in [1.54, 1.807) is 42.5 Å². The van der Waals surface area contributed by atoms with Gasteiger partial charge in [-0.3, -0.25) is 14.5 Å². The first kappa shape index (κ1) is 24.2. The molecule has 184 valence electrons. The predicted octanol–water partition coefficient (Wildman–Crippen LogP) is 5.38. The van der Waals surface area contributed by atoms with Gasteiger partial charge in [-0.25, -0.2) is 0 Å². The molecule has 5 rings (SSSR count). The molecule has 2 heterocycles. The number of halogens is 1. The smallest absolute Gasteiger partial charge is 0.339 e. The van der Waals surface area contributed by atoms with Crippen molar-refractivity contribution in [3.8, 4) is 17.2 Å². The van der Waals surface area contributed by atoms with Crippen LogP contribution in [-0.4, -0.2) is 31.3 Å². The molecule has 0 atom stereocenters. The molecule has 0 aliphatic carbocycles. The summed E-state index contributed by atoms with van der Waals surface area (Å²) in [6.45, 7) is 1.93. The summed E-state index contributed by atoms with van der Waals surface area (Å²) in [5.74, 6) is 0.680. The lowest BCUT2D eigenvalue weighted by Crippen LogP contribution is -2.27. The summed E-state index contributed by atoms with van der Waals surface area (Å²) in [4.78, 5) is 26.8. The summed E-state index contributed by atoms with van der Waals surface area (Å²) < 4.78 is 40.8. The fraction of sp³-hybridized carbons (Fsp3) is 0.120. The molecule has 3 aromatic carbocycles. The van der Waals surface area contributed by atoms with Crippen molar-refractivity contribution in [1.82, 2.24) is 4.90 Å². The minimum Gasteiger partial charge on any atom is -0.454 e. The Morgan fingerprint density at radius 1 is 1.03 bits per heavy atom. The number of benzene rings is 3. The van der Waals surface area contributed by atoms with Gasteiger partial charge in [0.1, 0.15) is 10.6 Å². The van der Waals surface area contributed by atoms with Crippen LogP contribution in [-0.2, 0) is 21.5 Å². The van der Waals surface area contributed by atoms with Crippen molar-refractivity contribution in [3.05, 3.63) is 87.3 Å². The third-order valence-corrected chi connectivity index (χ3v) is 7.96. The number of nitrogens with zero attached hydrogens (tertiary/aromatic N) is 1. The summed E-state index contributed by atoms with van der Waals surface area (Å²) >= 11 is 7.11. The predicted molar refractivity (Wildman–Crippen MR) is 135 cm³/mol. The molecule has 2 aliphatic rings. The van der Waals surface area contributed by atoms with E-state index in [0.717, 1.165) is 22.2 Å². The zero-order chi connectivity index (χ0) is 25.4. The minimum atomic E-state index is -3.98. The molecule has 0 radical (unpaired) electrons. The monoisotopic (exact) mass is 543 g/mol. The zero-order valence-corrected chi connectivity index (χ0v) is 21.2. The molecule has 0 bridgehead atoms. The summed E-state index contributed by atoms with van der Waals surface area (Å²) in [5, 5.41) is -0.0670. The van der Waals surface area contributed by atoms with Gasteiger partial charge in [0.05, 0.1) is 11.4 Å². The highest BCUT2D eigenvalue weighted by atomic mass is 35.5. The normalized spacial score (nSPS) is 16.2. The van der Waals surface area contributed by atoms with Gasteiger partial charge in [-0.05, 0) is 66.2 Å². The second-order valence-corrected chi connectivity index (χ2v) is 10.9. The Morgan fingerprint density at radius 3 is 2.39 bits per heavy atom. The fourth-order valence-electron chi connectivity index (χ4n) is 3.54. The average molecular weight is 544 g/mol. The quantitative estimate of drug-likeness (QED) is 0.302. The molecule has 8 nitrogen and oxygen atoms in total. The maximum absolute atomic E-state index is 12.9. The van der Waals surface area contributed by atoms with Crippen molar-refractivity contribution in [2.24, 2.45) is 0 Å². The Morgan fingerprint density at radius 2 is 1.69 bits per heavy atom. The molecule has 0 N–H and O–H groups in total. The Kier molecular flexibility index (Phi) is 6.42. The Labute approximate surface area is 216 Å². The standard InChI is InChI=1S/C25H18ClNO7S2/c1-15-2-8-19(9-3-15)36(30,31)34-18-6-4-16(5-7-18)10-23-24(28)27(25(29)35-23)13-17-11-21-22(12-20(17)26)33-14-32-21/h2-12H,13-14H2,1H3/b23-10-. The van der Waals surface area contributed by atoms with E-state index in [2.05, 4.69) is 0 Å². The van der Waals surface area contributed by atoms with Gasteiger partial charge < -0.3 is 13.7 Å². The Hall–Kier alpha value is -3.47. The molecular weight excluding hydrogens is 526 g/mol. The number of thioether (sulfide) groups is 1. The van der Waals surface area contributed by atoms with Crippen molar-refractivity contribution in [1.29, 1.82) is 0 Å². The number of hydrogen-bond acceptors (Lipinski definition) is 8. The highest BCUT2D eigenvalue weighted by Gasteiger charge is 2.35. The molecule has 0 spiro atoms. The maximum atomic E-state index is 12.9. The molecule has 0 unspecified atom stereocenters. The lowest BCUT2D eigenvalue weighted by atomic mass is 10.1. The topological polar surface area (TPSA) is 99.2 Å². The van der Waals surface area contributed by atoms with Crippen LogP contribution in [0.2, 0.25) is 5.02 Å². The molecule has 36 heavy (non-hydrogen) atoms. The number of carbonyl (C=O) groups excluding carboxylic acids is 2. The van der Waals surface area contributed by atoms with E-state index in [-0.39, 0.29) is 28.9 Å². The lowest BCUT2D eigenvalue weighted by molar-refractivity contribution is -0.123. The van der Waals surface area contributed by atoms with Crippen LogP contribution < -0.4 is 13.7 Å². The molecule has 2 amide bonds. The summed E-state index contributed by atoms with van der Waals surface area (Å²) in [6.07, 6.45) is 1.56. The highest BCUT2D eigenvalue weighted by molar-refractivity contribution is 8.18. The van der Waals surface area contributed by atoms with Crippen molar-refractivity contribution < 1.29 is 31.7 Å². The maximum Gasteiger partial charge on any atom is 0.339 e. The van der Waals surface area contributed by atoms with Crippen molar-refractivity contribution in [2.45, 2.75) is 18.4 Å².